The third-order valence-electron chi connectivity index (χ3n) is 4.17. The predicted molar refractivity (Wildman–Crippen MR) is 116 cm³/mol. The molecule has 2 heterocycles. The molecule has 1 amide bonds. The molecule has 0 saturated heterocycles. The van der Waals surface area contributed by atoms with E-state index in [-0.39, 0.29) is 11.7 Å². The van der Waals surface area contributed by atoms with Crippen molar-refractivity contribution in [3.05, 3.63) is 76.7 Å². The van der Waals surface area contributed by atoms with Crippen LogP contribution in [0.25, 0.3) is 16.7 Å². The Hall–Kier alpha value is -2.61. The number of benzene rings is 2. The highest BCUT2D eigenvalue weighted by molar-refractivity contribution is 8.00. The standard InChI is InChI=1S/C20H15Cl2N5OS/c21-14-5-7-15(8-6-14)27-19-16(10-26-27)20(25-12-24-19)29-11-18(28)23-9-13-3-1-2-4-17(13)22/h1-8,10,12H,9,11H2,(H,23,28). The lowest BCUT2D eigenvalue weighted by atomic mass is 10.2. The van der Waals surface area contributed by atoms with Gasteiger partial charge in [0, 0.05) is 16.6 Å². The minimum Gasteiger partial charge on any atom is -0.351 e. The zero-order valence-electron chi connectivity index (χ0n) is 15.0. The van der Waals surface area contributed by atoms with Crippen LogP contribution in [0.3, 0.4) is 0 Å². The summed E-state index contributed by atoms with van der Waals surface area (Å²) in [7, 11) is 0. The number of amides is 1. The molecule has 0 bridgehead atoms. The van der Waals surface area contributed by atoms with Gasteiger partial charge in [-0.2, -0.15) is 5.10 Å². The second-order valence-electron chi connectivity index (χ2n) is 6.11. The van der Waals surface area contributed by atoms with Crippen LogP contribution in [0.1, 0.15) is 5.56 Å². The van der Waals surface area contributed by atoms with E-state index in [0.717, 1.165) is 16.6 Å². The summed E-state index contributed by atoms with van der Waals surface area (Å²) >= 11 is 13.4. The van der Waals surface area contributed by atoms with E-state index < -0.39 is 0 Å². The summed E-state index contributed by atoms with van der Waals surface area (Å²) in [5.74, 6) is 0.120. The van der Waals surface area contributed by atoms with Gasteiger partial charge >= 0.3 is 0 Å². The lowest BCUT2D eigenvalue weighted by Crippen LogP contribution is -2.24. The quantitative estimate of drug-likeness (QED) is 0.350. The predicted octanol–water partition coefficient (Wildman–Crippen LogP) is 4.53. The van der Waals surface area contributed by atoms with Gasteiger partial charge in [-0.1, -0.05) is 53.2 Å². The van der Waals surface area contributed by atoms with E-state index in [2.05, 4.69) is 20.4 Å². The number of rotatable bonds is 6. The van der Waals surface area contributed by atoms with Gasteiger partial charge < -0.3 is 5.32 Å². The number of nitrogens with zero attached hydrogens (tertiary/aromatic N) is 4. The molecule has 0 fully saturated rings. The van der Waals surface area contributed by atoms with E-state index in [9.17, 15) is 4.79 Å². The van der Waals surface area contributed by atoms with Crippen LogP contribution in [0, 0.1) is 0 Å². The van der Waals surface area contributed by atoms with Gasteiger partial charge in [0.1, 0.15) is 11.4 Å². The van der Waals surface area contributed by atoms with Crippen LogP contribution >= 0.6 is 35.0 Å². The monoisotopic (exact) mass is 443 g/mol. The van der Waals surface area contributed by atoms with Gasteiger partial charge in [-0.05, 0) is 35.9 Å². The van der Waals surface area contributed by atoms with Crippen molar-refractivity contribution in [2.45, 2.75) is 11.6 Å². The molecule has 1 N–H and O–H groups in total. The van der Waals surface area contributed by atoms with Crippen LogP contribution in [0.2, 0.25) is 10.0 Å². The number of carbonyl (C=O) groups excluding carboxylic acids is 1. The topological polar surface area (TPSA) is 72.7 Å². The molecule has 4 aromatic rings. The lowest BCUT2D eigenvalue weighted by Gasteiger charge is -2.07. The van der Waals surface area contributed by atoms with Crippen molar-refractivity contribution >= 4 is 51.9 Å². The van der Waals surface area contributed by atoms with Gasteiger partial charge in [-0.3, -0.25) is 4.79 Å². The van der Waals surface area contributed by atoms with Crippen LogP contribution < -0.4 is 5.32 Å². The van der Waals surface area contributed by atoms with Crippen molar-refractivity contribution in [1.82, 2.24) is 25.1 Å². The Balaban J connectivity index is 1.45. The molecule has 0 radical (unpaired) electrons. The molecule has 0 aliphatic rings. The molecule has 6 nitrogen and oxygen atoms in total. The average Bonchev–Trinajstić information content (AvgIpc) is 3.17. The zero-order chi connectivity index (χ0) is 20.2. The van der Waals surface area contributed by atoms with E-state index in [1.807, 2.05) is 30.3 Å². The molecular formula is C20H15Cl2N5OS. The number of halogens is 2. The molecule has 29 heavy (non-hydrogen) atoms. The first-order valence-electron chi connectivity index (χ1n) is 8.69. The van der Waals surface area contributed by atoms with Crippen molar-refractivity contribution in [3.63, 3.8) is 0 Å². The van der Waals surface area contributed by atoms with Crippen molar-refractivity contribution in [2.75, 3.05) is 5.75 Å². The third-order valence-corrected chi connectivity index (χ3v) is 5.80. The number of fused-ring (bicyclic) bond motifs is 1. The summed E-state index contributed by atoms with van der Waals surface area (Å²) in [4.78, 5) is 20.9. The molecule has 2 aromatic carbocycles. The number of hydrogen-bond acceptors (Lipinski definition) is 5. The molecule has 146 valence electrons. The minimum atomic E-state index is -0.105. The molecule has 0 spiro atoms. The van der Waals surface area contributed by atoms with E-state index in [0.29, 0.717) is 27.3 Å². The number of carbonyl (C=O) groups is 1. The smallest absolute Gasteiger partial charge is 0.230 e. The Morgan fingerprint density at radius 2 is 1.86 bits per heavy atom. The van der Waals surface area contributed by atoms with Gasteiger partial charge in [0.2, 0.25) is 5.91 Å². The molecule has 0 aliphatic heterocycles. The second kappa shape index (κ2) is 8.82. The summed E-state index contributed by atoms with van der Waals surface area (Å²) in [6.45, 7) is 0.382. The molecule has 0 saturated carbocycles. The van der Waals surface area contributed by atoms with E-state index >= 15 is 0 Å². The fourth-order valence-corrected chi connectivity index (χ4v) is 3.85. The van der Waals surface area contributed by atoms with Crippen molar-refractivity contribution in [3.8, 4) is 5.69 Å². The van der Waals surface area contributed by atoms with Crippen LogP contribution in [0.4, 0.5) is 0 Å². The van der Waals surface area contributed by atoms with E-state index in [1.165, 1.54) is 18.1 Å². The van der Waals surface area contributed by atoms with Crippen molar-refractivity contribution in [1.29, 1.82) is 0 Å². The average molecular weight is 444 g/mol. The Labute approximate surface area is 181 Å². The summed E-state index contributed by atoms with van der Waals surface area (Å²) in [6.07, 6.45) is 3.17. The molecule has 4 rings (SSSR count). The lowest BCUT2D eigenvalue weighted by molar-refractivity contribution is -0.118. The Kier molecular flexibility index (Phi) is 5.99. The summed E-state index contributed by atoms with van der Waals surface area (Å²) in [6, 6.07) is 14.8. The first-order chi connectivity index (χ1) is 14.1. The number of nitrogens with one attached hydrogen (secondary N) is 1. The molecule has 0 atom stereocenters. The first kappa shape index (κ1) is 19.7. The van der Waals surface area contributed by atoms with Gasteiger partial charge in [-0.15, -0.1) is 0 Å². The largest absolute Gasteiger partial charge is 0.351 e. The zero-order valence-corrected chi connectivity index (χ0v) is 17.4. The van der Waals surface area contributed by atoms with E-state index in [4.69, 9.17) is 23.2 Å². The normalized spacial score (nSPS) is 11.0. The highest BCUT2D eigenvalue weighted by atomic mass is 35.5. The summed E-state index contributed by atoms with van der Waals surface area (Å²) in [5, 5.41) is 10.0. The maximum atomic E-state index is 12.2. The van der Waals surface area contributed by atoms with Crippen LogP contribution in [0.15, 0.2) is 66.1 Å². The Morgan fingerprint density at radius 3 is 2.66 bits per heavy atom. The molecule has 0 aliphatic carbocycles. The number of hydrogen-bond donors (Lipinski definition) is 1. The van der Waals surface area contributed by atoms with Crippen molar-refractivity contribution < 1.29 is 4.79 Å². The molecule has 9 heteroatoms. The van der Waals surface area contributed by atoms with Crippen molar-refractivity contribution in [2.24, 2.45) is 0 Å². The number of aromatic nitrogens is 4. The SMILES string of the molecule is O=C(CSc1ncnc2c1cnn2-c1ccc(Cl)cc1)NCc1ccccc1Cl. The third kappa shape index (κ3) is 4.53. The van der Waals surface area contributed by atoms with E-state index in [1.54, 1.807) is 29.1 Å². The minimum absolute atomic E-state index is 0.105. The Morgan fingerprint density at radius 1 is 1.07 bits per heavy atom. The first-order valence-corrected chi connectivity index (χ1v) is 10.4. The van der Waals surface area contributed by atoms with Gasteiger partial charge in [0.05, 0.1) is 23.0 Å². The highest BCUT2D eigenvalue weighted by Gasteiger charge is 2.13. The van der Waals surface area contributed by atoms with Crippen LogP contribution in [0.5, 0.6) is 0 Å². The summed E-state index contributed by atoms with van der Waals surface area (Å²) in [5.41, 5.74) is 2.39. The second-order valence-corrected chi connectivity index (χ2v) is 7.91. The van der Waals surface area contributed by atoms with Crippen LogP contribution in [-0.2, 0) is 11.3 Å². The van der Waals surface area contributed by atoms with Crippen LogP contribution in [-0.4, -0.2) is 31.4 Å². The van der Waals surface area contributed by atoms with Gasteiger partial charge in [0.25, 0.3) is 0 Å². The Bertz CT molecular complexity index is 1160. The number of thioether (sulfide) groups is 1. The fourth-order valence-electron chi connectivity index (χ4n) is 2.73. The van der Waals surface area contributed by atoms with Gasteiger partial charge in [-0.25, -0.2) is 14.6 Å². The molecule has 0 unspecified atom stereocenters. The highest BCUT2D eigenvalue weighted by Crippen LogP contribution is 2.26. The molecular weight excluding hydrogens is 429 g/mol. The molecule has 2 aromatic heterocycles. The summed E-state index contributed by atoms with van der Waals surface area (Å²) < 4.78 is 1.72. The fraction of sp³-hybridized carbons (Fsp3) is 0.100. The maximum Gasteiger partial charge on any atom is 0.230 e. The maximum absolute atomic E-state index is 12.2. The van der Waals surface area contributed by atoms with Gasteiger partial charge in [0.15, 0.2) is 5.65 Å².